The van der Waals surface area contributed by atoms with Gasteiger partial charge in [-0.15, -0.1) is 0 Å². The topological polar surface area (TPSA) is 35.5 Å². The number of benzene rings is 1. The Morgan fingerprint density at radius 2 is 1.78 bits per heavy atom. The highest BCUT2D eigenvalue weighted by molar-refractivity contribution is 5.98. The van der Waals surface area contributed by atoms with E-state index in [9.17, 15) is 9.18 Å². The van der Waals surface area contributed by atoms with Crippen LogP contribution in [-0.4, -0.2) is 25.3 Å². The van der Waals surface area contributed by atoms with Gasteiger partial charge in [0, 0.05) is 13.2 Å². The minimum Gasteiger partial charge on any atom is -0.352 e. The fraction of sp³-hybridized carbons (Fsp3) is 0.500. The second kappa shape index (κ2) is 7.24. The van der Waals surface area contributed by atoms with Crippen molar-refractivity contribution in [3.8, 4) is 0 Å². The summed E-state index contributed by atoms with van der Waals surface area (Å²) in [5.41, 5.74) is 0.0782. The van der Waals surface area contributed by atoms with Crippen LogP contribution in [0.2, 0.25) is 0 Å². The van der Waals surface area contributed by atoms with E-state index in [0.29, 0.717) is 13.2 Å². The van der Waals surface area contributed by atoms with Crippen molar-refractivity contribution in [3.63, 3.8) is 0 Å². The van der Waals surface area contributed by atoms with Gasteiger partial charge in [0.15, 0.2) is 12.1 Å². The molecule has 1 rings (SSSR count). The van der Waals surface area contributed by atoms with Crippen molar-refractivity contribution >= 4 is 5.78 Å². The number of carbonyl (C=O) groups is 1. The lowest BCUT2D eigenvalue weighted by Gasteiger charge is -2.22. The van der Waals surface area contributed by atoms with Gasteiger partial charge < -0.3 is 9.47 Å². The first-order valence-electron chi connectivity index (χ1n) is 6.13. The van der Waals surface area contributed by atoms with Crippen LogP contribution in [0.5, 0.6) is 0 Å². The Labute approximate surface area is 107 Å². The summed E-state index contributed by atoms with van der Waals surface area (Å²) in [6, 6.07) is 5.94. The van der Waals surface area contributed by atoms with Gasteiger partial charge in [-0.05, 0) is 26.0 Å². The van der Waals surface area contributed by atoms with Gasteiger partial charge in [0.25, 0.3) is 0 Å². The van der Waals surface area contributed by atoms with E-state index in [1.807, 2.05) is 13.8 Å². The summed E-state index contributed by atoms with van der Waals surface area (Å²) >= 11 is 0. The van der Waals surface area contributed by atoms with Gasteiger partial charge in [-0.3, -0.25) is 4.79 Å². The zero-order valence-corrected chi connectivity index (χ0v) is 11.0. The quantitative estimate of drug-likeness (QED) is 0.554. The van der Waals surface area contributed by atoms with E-state index in [-0.39, 0.29) is 11.3 Å². The second-order valence-corrected chi connectivity index (χ2v) is 3.91. The highest BCUT2D eigenvalue weighted by Crippen LogP contribution is 2.18. The first kappa shape index (κ1) is 14.8. The van der Waals surface area contributed by atoms with Crippen molar-refractivity contribution < 1.29 is 18.7 Å². The molecule has 0 heterocycles. The van der Waals surface area contributed by atoms with Crippen LogP contribution in [-0.2, 0) is 9.47 Å². The zero-order chi connectivity index (χ0) is 13.5. The molecular formula is C14H19FO3. The van der Waals surface area contributed by atoms with Crippen LogP contribution in [0.3, 0.4) is 0 Å². The average molecular weight is 254 g/mol. The van der Waals surface area contributed by atoms with Crippen molar-refractivity contribution in [2.45, 2.75) is 27.1 Å². The lowest BCUT2D eigenvalue weighted by atomic mass is 9.98. The summed E-state index contributed by atoms with van der Waals surface area (Å²) in [4.78, 5) is 12.2. The van der Waals surface area contributed by atoms with Crippen LogP contribution in [0, 0.1) is 11.7 Å². The maximum atomic E-state index is 13.5. The van der Waals surface area contributed by atoms with Crippen LogP contribution < -0.4 is 0 Å². The van der Waals surface area contributed by atoms with Gasteiger partial charge in [0.05, 0.1) is 11.5 Å². The molecule has 0 saturated carbocycles. The molecule has 0 N–H and O–H groups in total. The molecule has 1 aromatic rings. The SMILES string of the molecule is CCOC(OCC)C(C)C(=O)c1ccccc1F. The Morgan fingerprint density at radius 1 is 1.22 bits per heavy atom. The average Bonchev–Trinajstić information content (AvgIpc) is 2.37. The lowest BCUT2D eigenvalue weighted by molar-refractivity contribution is -0.154. The molecule has 0 fully saturated rings. The molecule has 0 saturated heterocycles. The van der Waals surface area contributed by atoms with E-state index < -0.39 is 18.0 Å². The van der Waals surface area contributed by atoms with Crippen LogP contribution in [0.15, 0.2) is 24.3 Å². The fourth-order valence-corrected chi connectivity index (χ4v) is 1.70. The van der Waals surface area contributed by atoms with Gasteiger partial charge in [0.2, 0.25) is 0 Å². The van der Waals surface area contributed by atoms with Crippen molar-refractivity contribution in [2.75, 3.05) is 13.2 Å². The first-order valence-corrected chi connectivity index (χ1v) is 6.13. The number of ether oxygens (including phenoxy) is 2. The van der Waals surface area contributed by atoms with Crippen molar-refractivity contribution in [1.29, 1.82) is 0 Å². The normalized spacial score (nSPS) is 12.7. The smallest absolute Gasteiger partial charge is 0.173 e. The molecule has 100 valence electrons. The number of rotatable bonds is 7. The molecule has 4 heteroatoms. The van der Waals surface area contributed by atoms with E-state index in [0.717, 1.165) is 0 Å². The Balaban J connectivity index is 2.84. The molecule has 1 unspecified atom stereocenters. The maximum Gasteiger partial charge on any atom is 0.173 e. The predicted octanol–water partition coefficient (Wildman–Crippen LogP) is 3.04. The molecule has 0 aliphatic rings. The summed E-state index contributed by atoms with van der Waals surface area (Å²) in [6.45, 7) is 6.22. The maximum absolute atomic E-state index is 13.5. The minimum absolute atomic E-state index is 0.0782. The highest BCUT2D eigenvalue weighted by Gasteiger charge is 2.27. The molecule has 18 heavy (non-hydrogen) atoms. The molecule has 0 amide bonds. The fourth-order valence-electron chi connectivity index (χ4n) is 1.70. The van der Waals surface area contributed by atoms with Gasteiger partial charge in [-0.1, -0.05) is 19.1 Å². The third kappa shape index (κ3) is 3.62. The van der Waals surface area contributed by atoms with Crippen LogP contribution in [0.1, 0.15) is 31.1 Å². The summed E-state index contributed by atoms with van der Waals surface area (Å²) in [6.07, 6.45) is -0.632. The lowest BCUT2D eigenvalue weighted by Crippen LogP contribution is -2.31. The van der Waals surface area contributed by atoms with Crippen LogP contribution in [0.4, 0.5) is 4.39 Å². The molecule has 0 bridgehead atoms. The van der Waals surface area contributed by atoms with E-state index in [1.165, 1.54) is 12.1 Å². The highest BCUT2D eigenvalue weighted by atomic mass is 19.1. The van der Waals surface area contributed by atoms with E-state index in [2.05, 4.69) is 0 Å². The summed E-state index contributed by atoms with van der Waals surface area (Å²) in [5.74, 6) is -1.36. The van der Waals surface area contributed by atoms with Gasteiger partial charge in [-0.2, -0.15) is 0 Å². The zero-order valence-electron chi connectivity index (χ0n) is 11.0. The van der Waals surface area contributed by atoms with Crippen molar-refractivity contribution in [1.82, 2.24) is 0 Å². The molecule has 0 aliphatic carbocycles. The molecule has 1 atom stereocenters. The van der Waals surface area contributed by atoms with Crippen molar-refractivity contribution in [2.24, 2.45) is 5.92 Å². The Kier molecular flexibility index (Phi) is 5.95. The van der Waals surface area contributed by atoms with E-state index in [4.69, 9.17) is 9.47 Å². The molecule has 1 aromatic carbocycles. The molecule has 0 spiro atoms. The number of carbonyl (C=O) groups excluding carboxylic acids is 1. The monoisotopic (exact) mass is 254 g/mol. The first-order chi connectivity index (χ1) is 8.61. The Bertz CT molecular complexity index is 386. The summed E-state index contributed by atoms with van der Waals surface area (Å²) in [5, 5.41) is 0. The van der Waals surface area contributed by atoms with E-state index in [1.54, 1.807) is 19.1 Å². The van der Waals surface area contributed by atoms with Crippen molar-refractivity contribution in [3.05, 3.63) is 35.6 Å². The van der Waals surface area contributed by atoms with Gasteiger partial charge in [-0.25, -0.2) is 4.39 Å². The summed E-state index contributed by atoms with van der Waals surface area (Å²) in [7, 11) is 0. The van der Waals surface area contributed by atoms with Gasteiger partial charge >= 0.3 is 0 Å². The largest absolute Gasteiger partial charge is 0.352 e. The number of Topliss-reactive ketones (excluding diaryl/α,β-unsaturated/α-hetero) is 1. The Morgan fingerprint density at radius 3 is 2.28 bits per heavy atom. The van der Waals surface area contributed by atoms with Gasteiger partial charge in [0.1, 0.15) is 5.82 Å². The molecule has 3 nitrogen and oxygen atoms in total. The number of hydrogen-bond donors (Lipinski definition) is 0. The van der Waals surface area contributed by atoms with E-state index >= 15 is 0 Å². The van der Waals surface area contributed by atoms with Crippen LogP contribution >= 0.6 is 0 Å². The number of hydrogen-bond acceptors (Lipinski definition) is 3. The third-order valence-electron chi connectivity index (χ3n) is 2.62. The molecule has 0 aliphatic heterocycles. The minimum atomic E-state index is -0.632. The number of ketones is 1. The number of halogens is 1. The van der Waals surface area contributed by atoms with Crippen LogP contribution in [0.25, 0.3) is 0 Å². The summed E-state index contributed by atoms with van der Waals surface area (Å²) < 4.78 is 24.3. The second-order valence-electron chi connectivity index (χ2n) is 3.91. The Hall–Kier alpha value is -1.26. The molecule has 0 radical (unpaired) electrons. The third-order valence-corrected chi connectivity index (χ3v) is 2.62. The molecule has 0 aromatic heterocycles. The molecular weight excluding hydrogens is 235 g/mol. The standard InChI is InChI=1S/C14H19FO3/c1-4-17-14(18-5-2)10(3)13(16)11-8-6-7-9-12(11)15/h6-10,14H,4-5H2,1-3H3. The predicted molar refractivity (Wildman–Crippen MR) is 66.9 cm³/mol.